The van der Waals surface area contributed by atoms with Gasteiger partial charge in [0.25, 0.3) is 0 Å². The Balaban J connectivity index is 2.08. The lowest BCUT2D eigenvalue weighted by Gasteiger charge is -2.26. The zero-order valence-electron chi connectivity index (χ0n) is 11.3. The number of nitrogens with one attached hydrogen (secondary N) is 1. The number of aryl methyl sites for hydroxylation is 2. The van der Waals surface area contributed by atoms with E-state index in [0.717, 1.165) is 36.6 Å². The first-order valence-corrected chi connectivity index (χ1v) is 6.30. The van der Waals surface area contributed by atoms with Crippen LogP contribution in [0.3, 0.4) is 0 Å². The van der Waals surface area contributed by atoms with Gasteiger partial charge in [0, 0.05) is 33.7 Å². The molecule has 0 radical (unpaired) electrons. The minimum Gasteiger partial charge on any atom is -0.394 e. The molecule has 1 aromatic rings. The van der Waals surface area contributed by atoms with E-state index in [9.17, 15) is 0 Å². The van der Waals surface area contributed by atoms with E-state index >= 15 is 0 Å². The van der Waals surface area contributed by atoms with Crippen molar-refractivity contribution in [1.82, 2.24) is 9.78 Å². The van der Waals surface area contributed by atoms with E-state index in [0.29, 0.717) is 13.2 Å². The Morgan fingerprint density at radius 3 is 2.89 bits per heavy atom. The predicted molar refractivity (Wildman–Crippen MR) is 70.7 cm³/mol. The maximum Gasteiger partial charge on any atom is 0.147 e. The number of anilines is 2. The third-order valence-electron chi connectivity index (χ3n) is 3.57. The van der Waals surface area contributed by atoms with E-state index in [4.69, 9.17) is 15.2 Å². The zero-order valence-corrected chi connectivity index (χ0v) is 11.3. The summed E-state index contributed by atoms with van der Waals surface area (Å²) in [6, 6.07) is 0. The molecule has 0 aliphatic carbocycles. The van der Waals surface area contributed by atoms with Crippen molar-refractivity contribution in [2.24, 2.45) is 7.05 Å². The number of nitrogens with two attached hydrogens (primary N) is 1. The number of methoxy groups -OCH3 is 1. The number of aromatic nitrogens is 2. The number of ether oxygens (including phenoxy) is 2. The normalized spacial score (nSPS) is 23.5. The summed E-state index contributed by atoms with van der Waals surface area (Å²) in [5, 5.41) is 7.72. The van der Waals surface area contributed by atoms with Gasteiger partial charge in [0.05, 0.1) is 18.0 Å². The Labute approximate surface area is 107 Å². The molecule has 18 heavy (non-hydrogen) atoms. The van der Waals surface area contributed by atoms with Gasteiger partial charge in [0.1, 0.15) is 11.4 Å². The van der Waals surface area contributed by atoms with Gasteiger partial charge in [-0.3, -0.25) is 4.68 Å². The van der Waals surface area contributed by atoms with E-state index in [-0.39, 0.29) is 5.60 Å². The van der Waals surface area contributed by atoms with Crippen molar-refractivity contribution < 1.29 is 9.47 Å². The molecule has 0 bridgehead atoms. The highest BCUT2D eigenvalue weighted by Crippen LogP contribution is 2.26. The number of nitrogen functional groups attached to an aromatic ring is 1. The molecular weight excluding hydrogens is 232 g/mol. The Morgan fingerprint density at radius 2 is 2.39 bits per heavy atom. The molecule has 6 nitrogen and oxygen atoms in total. The van der Waals surface area contributed by atoms with Gasteiger partial charge in [-0.2, -0.15) is 5.10 Å². The van der Waals surface area contributed by atoms with Crippen LogP contribution in [0.4, 0.5) is 11.5 Å². The van der Waals surface area contributed by atoms with E-state index in [1.54, 1.807) is 11.8 Å². The fourth-order valence-corrected chi connectivity index (χ4v) is 2.27. The Kier molecular flexibility index (Phi) is 3.77. The van der Waals surface area contributed by atoms with Gasteiger partial charge in [-0.25, -0.2) is 0 Å². The Morgan fingerprint density at radius 1 is 1.61 bits per heavy atom. The summed E-state index contributed by atoms with van der Waals surface area (Å²) in [4.78, 5) is 0. The van der Waals surface area contributed by atoms with Crippen LogP contribution in [0.15, 0.2) is 0 Å². The van der Waals surface area contributed by atoms with Gasteiger partial charge in [-0.1, -0.05) is 6.92 Å². The summed E-state index contributed by atoms with van der Waals surface area (Å²) in [5.74, 6) is 0.857. The van der Waals surface area contributed by atoms with E-state index in [1.165, 1.54) is 0 Å². The van der Waals surface area contributed by atoms with Gasteiger partial charge >= 0.3 is 0 Å². The van der Waals surface area contributed by atoms with E-state index in [2.05, 4.69) is 10.4 Å². The highest BCUT2D eigenvalue weighted by atomic mass is 16.5. The summed E-state index contributed by atoms with van der Waals surface area (Å²) in [5.41, 5.74) is 7.47. The Hall–Kier alpha value is -1.27. The van der Waals surface area contributed by atoms with Crippen LogP contribution in [0, 0.1) is 0 Å². The first-order valence-electron chi connectivity index (χ1n) is 6.30. The van der Waals surface area contributed by atoms with Crippen LogP contribution in [-0.2, 0) is 22.9 Å². The van der Waals surface area contributed by atoms with E-state index in [1.807, 2.05) is 14.0 Å². The van der Waals surface area contributed by atoms with Gasteiger partial charge in [0.15, 0.2) is 0 Å². The number of rotatable bonds is 5. The molecule has 0 amide bonds. The minimum atomic E-state index is -0.247. The predicted octanol–water partition coefficient (Wildman–Crippen LogP) is 0.782. The summed E-state index contributed by atoms with van der Waals surface area (Å²) in [6.07, 6.45) is 1.73. The largest absolute Gasteiger partial charge is 0.394 e. The van der Waals surface area contributed by atoms with E-state index < -0.39 is 0 Å². The first-order chi connectivity index (χ1) is 8.62. The summed E-state index contributed by atoms with van der Waals surface area (Å²) in [7, 11) is 3.61. The summed E-state index contributed by atoms with van der Waals surface area (Å²) in [6.45, 7) is 4.09. The third-order valence-corrected chi connectivity index (χ3v) is 3.57. The van der Waals surface area contributed by atoms with Crippen molar-refractivity contribution in [2.45, 2.75) is 25.4 Å². The molecule has 102 valence electrons. The van der Waals surface area contributed by atoms with Crippen molar-refractivity contribution >= 4 is 11.5 Å². The fraction of sp³-hybridized carbons (Fsp3) is 0.750. The Bertz CT molecular complexity index is 410. The number of hydrogen-bond donors (Lipinski definition) is 2. The first kappa shape index (κ1) is 13.2. The maximum absolute atomic E-state index is 6.07. The molecule has 0 saturated carbocycles. The van der Waals surface area contributed by atoms with Crippen LogP contribution in [-0.4, -0.2) is 42.2 Å². The van der Waals surface area contributed by atoms with Crippen molar-refractivity contribution in [3.8, 4) is 0 Å². The van der Waals surface area contributed by atoms with Crippen LogP contribution in [0.2, 0.25) is 0 Å². The standard InChI is InChI=1S/C12H22N4O2/c1-4-9-10(13)11(16(2)15-9)14-7-12(17-3)5-6-18-8-12/h14H,4-8,13H2,1-3H3. The second kappa shape index (κ2) is 5.16. The second-order valence-corrected chi connectivity index (χ2v) is 4.73. The van der Waals surface area contributed by atoms with Crippen LogP contribution in [0.5, 0.6) is 0 Å². The minimum absolute atomic E-state index is 0.247. The zero-order chi connectivity index (χ0) is 13.2. The third kappa shape index (κ3) is 2.30. The van der Waals surface area contributed by atoms with Crippen molar-refractivity contribution in [2.75, 3.05) is 37.9 Å². The maximum atomic E-state index is 6.07. The van der Waals surface area contributed by atoms with Crippen LogP contribution in [0.1, 0.15) is 19.0 Å². The summed E-state index contributed by atoms with van der Waals surface area (Å²) < 4.78 is 12.8. The molecule has 1 unspecified atom stereocenters. The molecule has 1 aliphatic rings. The average molecular weight is 254 g/mol. The van der Waals surface area contributed by atoms with Gasteiger partial charge < -0.3 is 20.5 Å². The number of nitrogens with zero attached hydrogens (tertiary/aromatic N) is 2. The number of hydrogen-bond acceptors (Lipinski definition) is 5. The second-order valence-electron chi connectivity index (χ2n) is 4.73. The summed E-state index contributed by atoms with van der Waals surface area (Å²) >= 11 is 0. The molecule has 1 fully saturated rings. The van der Waals surface area contributed by atoms with Crippen molar-refractivity contribution in [3.63, 3.8) is 0 Å². The molecular formula is C12H22N4O2. The molecule has 2 heterocycles. The van der Waals surface area contributed by atoms with Crippen LogP contribution >= 0.6 is 0 Å². The highest BCUT2D eigenvalue weighted by molar-refractivity contribution is 5.65. The molecule has 6 heteroatoms. The highest BCUT2D eigenvalue weighted by Gasteiger charge is 2.35. The SMILES string of the molecule is CCc1nn(C)c(NCC2(OC)CCOC2)c1N. The van der Waals surface area contributed by atoms with Gasteiger partial charge in [-0.05, 0) is 6.42 Å². The molecule has 1 aliphatic heterocycles. The topological polar surface area (TPSA) is 74.3 Å². The van der Waals surface area contributed by atoms with Gasteiger partial charge in [0.2, 0.25) is 0 Å². The molecule has 1 saturated heterocycles. The molecule has 2 rings (SSSR count). The smallest absolute Gasteiger partial charge is 0.147 e. The lowest BCUT2D eigenvalue weighted by Crippen LogP contribution is -2.40. The molecule has 1 aromatic heterocycles. The lowest BCUT2D eigenvalue weighted by molar-refractivity contribution is -0.00628. The van der Waals surface area contributed by atoms with Crippen molar-refractivity contribution in [3.05, 3.63) is 5.69 Å². The van der Waals surface area contributed by atoms with Gasteiger partial charge in [-0.15, -0.1) is 0 Å². The monoisotopic (exact) mass is 254 g/mol. The van der Waals surface area contributed by atoms with Crippen LogP contribution in [0.25, 0.3) is 0 Å². The fourth-order valence-electron chi connectivity index (χ4n) is 2.27. The quantitative estimate of drug-likeness (QED) is 0.812. The molecule has 0 aromatic carbocycles. The average Bonchev–Trinajstić information content (AvgIpc) is 2.94. The molecule has 3 N–H and O–H groups in total. The molecule has 1 atom stereocenters. The van der Waals surface area contributed by atoms with Crippen LogP contribution < -0.4 is 11.1 Å². The lowest BCUT2D eigenvalue weighted by atomic mass is 10.0. The molecule has 0 spiro atoms. The van der Waals surface area contributed by atoms with Crippen molar-refractivity contribution in [1.29, 1.82) is 0 Å².